The molecule has 2 heterocycles. The van der Waals surface area contributed by atoms with Gasteiger partial charge in [0.25, 0.3) is 5.91 Å². The quantitative estimate of drug-likeness (QED) is 0.942. The zero-order chi connectivity index (χ0) is 15.5. The number of ether oxygens (including phenoxy) is 1. The topological polar surface area (TPSA) is 51.5 Å². The van der Waals surface area contributed by atoms with Gasteiger partial charge in [-0.25, -0.2) is 4.39 Å². The van der Waals surface area contributed by atoms with Gasteiger partial charge >= 0.3 is 0 Å². The number of nitrogens with one attached hydrogen (secondary N) is 1. The average Bonchev–Trinajstić information content (AvgIpc) is 3.17. The van der Waals surface area contributed by atoms with E-state index in [-0.39, 0.29) is 23.9 Å². The lowest BCUT2D eigenvalue weighted by molar-refractivity contribution is 0.0657. The maximum atomic E-state index is 13.1. The van der Waals surface area contributed by atoms with Crippen molar-refractivity contribution in [3.05, 3.63) is 59.3 Å². The highest BCUT2D eigenvalue weighted by Crippen LogP contribution is 2.27. The maximum absolute atomic E-state index is 13.1. The van der Waals surface area contributed by atoms with Crippen molar-refractivity contribution >= 4 is 5.91 Å². The Morgan fingerprint density at radius 2 is 2.09 bits per heavy atom. The Morgan fingerprint density at radius 3 is 2.68 bits per heavy atom. The van der Waals surface area contributed by atoms with Crippen molar-refractivity contribution in [1.82, 2.24) is 5.32 Å². The van der Waals surface area contributed by atoms with Gasteiger partial charge in [0.2, 0.25) is 0 Å². The molecule has 1 aliphatic heterocycles. The summed E-state index contributed by atoms with van der Waals surface area (Å²) in [5.41, 5.74) is 1.61. The number of furan rings is 1. The summed E-state index contributed by atoms with van der Waals surface area (Å²) in [6, 6.07) is 7.56. The summed E-state index contributed by atoms with van der Waals surface area (Å²) in [6.07, 6.45) is 3.20. The maximum Gasteiger partial charge on any atom is 0.287 e. The summed E-state index contributed by atoms with van der Waals surface area (Å²) in [5.74, 6) is -0.291. The van der Waals surface area contributed by atoms with Gasteiger partial charge in [0.1, 0.15) is 5.82 Å². The zero-order valence-corrected chi connectivity index (χ0v) is 12.3. The molecule has 1 N–H and O–H groups in total. The van der Waals surface area contributed by atoms with Crippen molar-refractivity contribution in [2.24, 2.45) is 0 Å². The normalized spacial score (nSPS) is 19.1. The Bertz CT molecular complexity index is 644. The first-order valence-corrected chi connectivity index (χ1v) is 7.37. The molecule has 0 unspecified atom stereocenters. The van der Waals surface area contributed by atoms with E-state index < -0.39 is 0 Å². The average molecular weight is 303 g/mol. The molecule has 1 saturated heterocycles. The van der Waals surface area contributed by atoms with Crippen molar-refractivity contribution in [2.75, 3.05) is 6.61 Å². The highest BCUT2D eigenvalue weighted by atomic mass is 19.1. The van der Waals surface area contributed by atoms with Crippen molar-refractivity contribution in [2.45, 2.75) is 31.9 Å². The fraction of sp³-hybridized carbons (Fsp3) is 0.353. The van der Waals surface area contributed by atoms with Crippen LogP contribution in [-0.4, -0.2) is 18.6 Å². The third-order valence-corrected chi connectivity index (χ3v) is 3.92. The number of hydrogen-bond donors (Lipinski definition) is 1. The minimum atomic E-state index is -0.319. The minimum Gasteiger partial charge on any atom is -0.459 e. The Morgan fingerprint density at radius 1 is 1.32 bits per heavy atom. The first-order chi connectivity index (χ1) is 10.6. The Balaban J connectivity index is 1.84. The molecule has 0 radical (unpaired) electrons. The molecule has 1 amide bonds. The number of carbonyl (C=O) groups is 1. The molecule has 22 heavy (non-hydrogen) atoms. The Kier molecular flexibility index (Phi) is 4.24. The number of halogens is 1. The number of hydrogen-bond acceptors (Lipinski definition) is 3. The van der Waals surface area contributed by atoms with Gasteiger partial charge in [-0.15, -0.1) is 0 Å². The Hall–Kier alpha value is -2.14. The van der Waals surface area contributed by atoms with Crippen LogP contribution in [0.3, 0.4) is 0 Å². The van der Waals surface area contributed by atoms with Gasteiger partial charge in [-0.2, -0.15) is 0 Å². The summed E-state index contributed by atoms with van der Waals surface area (Å²) in [6.45, 7) is 2.50. The van der Waals surface area contributed by atoms with Crippen molar-refractivity contribution in [3.63, 3.8) is 0 Å². The standard InChI is InChI=1S/C17H18FNO3/c1-11-8-10-22-16(11)17(20)19-15(14-3-2-9-21-14)12-4-6-13(18)7-5-12/h4-8,10,14-15H,2-3,9H2,1H3,(H,19,20)/t14-,15-/m0/s1. The second-order valence-corrected chi connectivity index (χ2v) is 5.49. The predicted octanol–water partition coefficient (Wildman–Crippen LogP) is 3.38. The summed E-state index contributed by atoms with van der Waals surface area (Å²) < 4.78 is 24.1. The van der Waals surface area contributed by atoms with Crippen LogP contribution in [-0.2, 0) is 4.74 Å². The lowest BCUT2D eigenvalue weighted by Gasteiger charge is -2.24. The molecule has 2 aromatic rings. The van der Waals surface area contributed by atoms with E-state index in [9.17, 15) is 9.18 Å². The van der Waals surface area contributed by atoms with Crippen molar-refractivity contribution in [3.8, 4) is 0 Å². The molecule has 0 spiro atoms. The summed E-state index contributed by atoms with van der Waals surface area (Å²) in [5, 5.41) is 2.96. The van der Waals surface area contributed by atoms with Gasteiger partial charge in [0.05, 0.1) is 18.4 Å². The first kappa shape index (κ1) is 14.8. The van der Waals surface area contributed by atoms with Gasteiger partial charge < -0.3 is 14.5 Å². The van der Waals surface area contributed by atoms with E-state index in [0.717, 1.165) is 24.0 Å². The summed E-state index contributed by atoms with van der Waals surface area (Å²) in [4.78, 5) is 12.4. The lowest BCUT2D eigenvalue weighted by atomic mass is 9.99. The van der Waals surface area contributed by atoms with E-state index in [1.165, 1.54) is 18.4 Å². The van der Waals surface area contributed by atoms with Crippen LogP contribution in [0.25, 0.3) is 0 Å². The number of aryl methyl sites for hydroxylation is 1. The van der Waals surface area contributed by atoms with Crippen LogP contribution in [0.5, 0.6) is 0 Å². The number of benzene rings is 1. The van der Waals surface area contributed by atoms with Crippen LogP contribution in [0, 0.1) is 12.7 Å². The summed E-state index contributed by atoms with van der Waals surface area (Å²) >= 11 is 0. The number of amides is 1. The molecule has 0 bridgehead atoms. The molecule has 5 heteroatoms. The van der Waals surface area contributed by atoms with E-state index in [4.69, 9.17) is 9.15 Å². The largest absolute Gasteiger partial charge is 0.459 e. The molecule has 4 nitrogen and oxygen atoms in total. The second-order valence-electron chi connectivity index (χ2n) is 5.49. The third kappa shape index (κ3) is 3.04. The van der Waals surface area contributed by atoms with Gasteiger partial charge in [-0.05, 0) is 43.5 Å². The fourth-order valence-electron chi connectivity index (χ4n) is 2.74. The zero-order valence-electron chi connectivity index (χ0n) is 12.3. The molecule has 3 rings (SSSR count). The first-order valence-electron chi connectivity index (χ1n) is 7.37. The van der Waals surface area contributed by atoms with Crippen LogP contribution in [0.2, 0.25) is 0 Å². The SMILES string of the molecule is Cc1ccoc1C(=O)N[C@@H](c1ccc(F)cc1)[C@@H]1CCCO1. The monoisotopic (exact) mass is 303 g/mol. The van der Waals surface area contributed by atoms with E-state index in [0.29, 0.717) is 12.4 Å². The van der Waals surface area contributed by atoms with Gasteiger partial charge in [-0.1, -0.05) is 12.1 Å². The second kappa shape index (κ2) is 6.32. The minimum absolute atomic E-state index is 0.107. The summed E-state index contributed by atoms with van der Waals surface area (Å²) in [7, 11) is 0. The van der Waals surface area contributed by atoms with E-state index in [1.807, 2.05) is 6.92 Å². The molecule has 116 valence electrons. The molecule has 2 atom stereocenters. The predicted molar refractivity (Wildman–Crippen MR) is 79.0 cm³/mol. The van der Waals surface area contributed by atoms with E-state index in [1.54, 1.807) is 18.2 Å². The molecule has 1 fully saturated rings. The lowest BCUT2D eigenvalue weighted by Crippen LogP contribution is -2.36. The molecular formula is C17H18FNO3. The Labute approximate surface area is 128 Å². The third-order valence-electron chi connectivity index (χ3n) is 3.92. The fourth-order valence-corrected chi connectivity index (χ4v) is 2.74. The molecule has 0 aliphatic carbocycles. The number of rotatable bonds is 4. The molecule has 1 aromatic carbocycles. The van der Waals surface area contributed by atoms with Gasteiger partial charge in [0, 0.05) is 12.2 Å². The molecule has 0 saturated carbocycles. The van der Waals surface area contributed by atoms with Crippen LogP contribution in [0.15, 0.2) is 41.0 Å². The van der Waals surface area contributed by atoms with Crippen LogP contribution < -0.4 is 5.32 Å². The van der Waals surface area contributed by atoms with Gasteiger partial charge in [-0.3, -0.25) is 4.79 Å². The van der Waals surface area contributed by atoms with Gasteiger partial charge in [0.15, 0.2) is 5.76 Å². The highest BCUT2D eigenvalue weighted by molar-refractivity contribution is 5.93. The van der Waals surface area contributed by atoms with Crippen LogP contribution >= 0.6 is 0 Å². The van der Waals surface area contributed by atoms with Crippen LogP contribution in [0.4, 0.5) is 4.39 Å². The smallest absolute Gasteiger partial charge is 0.287 e. The van der Waals surface area contributed by atoms with Crippen molar-refractivity contribution in [1.29, 1.82) is 0 Å². The van der Waals surface area contributed by atoms with E-state index >= 15 is 0 Å². The molecular weight excluding hydrogens is 285 g/mol. The number of carbonyl (C=O) groups excluding carboxylic acids is 1. The van der Waals surface area contributed by atoms with E-state index in [2.05, 4.69) is 5.32 Å². The molecule has 1 aliphatic rings. The highest BCUT2D eigenvalue weighted by Gasteiger charge is 2.30. The van der Waals surface area contributed by atoms with Crippen molar-refractivity contribution < 1.29 is 18.3 Å². The van der Waals surface area contributed by atoms with Crippen LogP contribution in [0.1, 0.15) is 40.6 Å². The molecule has 1 aromatic heterocycles.